The van der Waals surface area contributed by atoms with Crippen molar-refractivity contribution >= 4 is 51.4 Å². The van der Waals surface area contributed by atoms with E-state index < -0.39 is 11.4 Å². The molecule has 0 aliphatic rings. The maximum Gasteiger partial charge on any atom is 0.343 e. The zero-order valence-electron chi connectivity index (χ0n) is 17.5. The molecule has 0 saturated heterocycles. The Morgan fingerprint density at radius 2 is 1.94 bits per heavy atom. The summed E-state index contributed by atoms with van der Waals surface area (Å²) in [7, 11) is 0. The maximum atomic E-state index is 12.4. The Kier molecular flexibility index (Phi) is 7.02. The summed E-state index contributed by atoms with van der Waals surface area (Å²) in [6, 6.07) is 10.1. The average molecular weight is 500 g/mol. The standard InChI is InChI=1S/C22H17N3O5S3/c1-12-6-13(2)8-14(7-12)20(28)30-17-10-29-15(9-16(17)26)11-32-22-25-24-21(33-22)23-19(27)18-4-3-5-31-18/h3-10H,11H2,1-2H3,(H,23,24,27). The number of aromatic nitrogens is 2. The average Bonchev–Trinajstić information content (AvgIpc) is 3.45. The van der Waals surface area contributed by atoms with Crippen LogP contribution in [-0.4, -0.2) is 22.1 Å². The summed E-state index contributed by atoms with van der Waals surface area (Å²) in [6.07, 6.45) is 1.13. The Morgan fingerprint density at radius 3 is 2.64 bits per heavy atom. The van der Waals surface area contributed by atoms with Crippen LogP contribution < -0.4 is 15.5 Å². The van der Waals surface area contributed by atoms with Crippen molar-refractivity contribution in [1.29, 1.82) is 0 Å². The van der Waals surface area contributed by atoms with E-state index in [2.05, 4.69) is 15.5 Å². The number of carbonyl (C=O) groups is 2. The molecule has 0 bridgehead atoms. The normalized spacial score (nSPS) is 10.7. The second kappa shape index (κ2) is 10.1. The van der Waals surface area contributed by atoms with Gasteiger partial charge in [-0.3, -0.25) is 14.9 Å². The monoisotopic (exact) mass is 499 g/mol. The van der Waals surface area contributed by atoms with Crippen LogP contribution in [0.15, 0.2) is 61.6 Å². The number of esters is 1. The third-order valence-electron chi connectivity index (χ3n) is 4.22. The molecule has 0 radical (unpaired) electrons. The van der Waals surface area contributed by atoms with Crippen molar-refractivity contribution in [1.82, 2.24) is 10.2 Å². The lowest BCUT2D eigenvalue weighted by Crippen LogP contribution is -2.15. The van der Waals surface area contributed by atoms with E-state index in [1.807, 2.05) is 25.3 Å². The number of hydrogen-bond acceptors (Lipinski definition) is 10. The van der Waals surface area contributed by atoms with E-state index in [-0.39, 0.29) is 11.7 Å². The van der Waals surface area contributed by atoms with Gasteiger partial charge in [-0.25, -0.2) is 4.79 Å². The third kappa shape index (κ3) is 5.95. The Labute approximate surface area is 200 Å². The molecule has 11 heteroatoms. The molecule has 4 aromatic rings. The van der Waals surface area contributed by atoms with Gasteiger partial charge in [0.15, 0.2) is 4.34 Å². The van der Waals surface area contributed by atoms with Crippen molar-refractivity contribution in [3.05, 3.63) is 85.6 Å². The van der Waals surface area contributed by atoms with Crippen LogP contribution >= 0.6 is 34.4 Å². The molecule has 8 nitrogen and oxygen atoms in total. The molecule has 168 valence electrons. The van der Waals surface area contributed by atoms with Crippen LogP contribution in [0.2, 0.25) is 0 Å². The summed E-state index contributed by atoms with van der Waals surface area (Å²) < 4.78 is 11.3. The molecule has 0 spiro atoms. The van der Waals surface area contributed by atoms with E-state index in [9.17, 15) is 14.4 Å². The summed E-state index contributed by atoms with van der Waals surface area (Å²) in [5.41, 5.74) is 1.75. The fraction of sp³-hybridized carbons (Fsp3) is 0.136. The van der Waals surface area contributed by atoms with E-state index in [1.165, 1.54) is 40.5 Å². The predicted molar refractivity (Wildman–Crippen MR) is 128 cm³/mol. The number of hydrogen-bond donors (Lipinski definition) is 1. The molecule has 0 atom stereocenters. The van der Waals surface area contributed by atoms with Gasteiger partial charge in [-0.2, -0.15) is 0 Å². The van der Waals surface area contributed by atoms with Crippen LogP contribution in [0.1, 0.15) is 36.9 Å². The van der Waals surface area contributed by atoms with Gasteiger partial charge < -0.3 is 9.15 Å². The molecule has 1 aromatic carbocycles. The quantitative estimate of drug-likeness (QED) is 0.216. The van der Waals surface area contributed by atoms with E-state index in [0.29, 0.717) is 31.4 Å². The number of nitrogens with one attached hydrogen (secondary N) is 1. The van der Waals surface area contributed by atoms with Crippen molar-refractivity contribution in [2.75, 3.05) is 5.32 Å². The summed E-state index contributed by atoms with van der Waals surface area (Å²) in [6.45, 7) is 3.76. The first-order valence-corrected chi connectivity index (χ1v) is 12.3. The van der Waals surface area contributed by atoms with Gasteiger partial charge in [0.25, 0.3) is 5.91 Å². The zero-order valence-corrected chi connectivity index (χ0v) is 19.9. The summed E-state index contributed by atoms with van der Waals surface area (Å²) in [4.78, 5) is 37.4. The smallest absolute Gasteiger partial charge is 0.343 e. The van der Waals surface area contributed by atoms with Crippen LogP contribution in [0.3, 0.4) is 0 Å². The van der Waals surface area contributed by atoms with Crippen molar-refractivity contribution in [3.8, 4) is 5.75 Å². The molecular weight excluding hydrogens is 482 g/mol. The first-order valence-electron chi connectivity index (χ1n) is 9.61. The highest BCUT2D eigenvalue weighted by atomic mass is 32.2. The van der Waals surface area contributed by atoms with Crippen LogP contribution in [0, 0.1) is 13.8 Å². The van der Waals surface area contributed by atoms with Gasteiger partial charge in [-0.05, 0) is 37.4 Å². The molecule has 0 saturated carbocycles. The Bertz CT molecular complexity index is 1340. The molecule has 0 fully saturated rings. The van der Waals surface area contributed by atoms with Crippen molar-refractivity contribution in [2.45, 2.75) is 23.9 Å². The Hall–Kier alpha value is -3.28. The van der Waals surface area contributed by atoms with Crippen LogP contribution in [0.5, 0.6) is 5.75 Å². The van der Waals surface area contributed by atoms with Gasteiger partial charge in [0.05, 0.1) is 16.2 Å². The van der Waals surface area contributed by atoms with Gasteiger partial charge in [0, 0.05) is 6.07 Å². The first kappa shape index (κ1) is 22.9. The topological polar surface area (TPSA) is 111 Å². The number of nitrogens with zero attached hydrogens (tertiary/aromatic N) is 2. The molecule has 4 rings (SSSR count). The van der Waals surface area contributed by atoms with E-state index in [0.717, 1.165) is 17.4 Å². The van der Waals surface area contributed by atoms with E-state index in [4.69, 9.17) is 9.15 Å². The van der Waals surface area contributed by atoms with Gasteiger partial charge in [-0.15, -0.1) is 21.5 Å². The lowest BCUT2D eigenvalue weighted by atomic mass is 10.1. The van der Waals surface area contributed by atoms with Crippen molar-refractivity contribution in [2.24, 2.45) is 0 Å². The van der Waals surface area contributed by atoms with E-state index >= 15 is 0 Å². The summed E-state index contributed by atoms with van der Waals surface area (Å²) >= 11 is 3.86. The molecule has 3 heterocycles. The number of aryl methyl sites for hydroxylation is 2. The zero-order chi connectivity index (χ0) is 23.4. The fourth-order valence-corrected chi connectivity index (χ4v) is 5.11. The molecule has 0 aliphatic heterocycles. The molecular formula is C22H17N3O5S3. The lowest BCUT2D eigenvalue weighted by Gasteiger charge is -2.06. The minimum absolute atomic E-state index is 0.178. The number of thiophene rings is 1. The SMILES string of the molecule is Cc1cc(C)cc(C(=O)Oc2coc(CSc3nnc(NC(=O)c4cccs4)s3)cc2=O)c1. The Balaban J connectivity index is 1.35. The Morgan fingerprint density at radius 1 is 1.15 bits per heavy atom. The van der Waals surface area contributed by atoms with Crippen LogP contribution in [0.4, 0.5) is 5.13 Å². The number of rotatable bonds is 7. The first-order chi connectivity index (χ1) is 15.9. The third-order valence-corrected chi connectivity index (χ3v) is 7.09. The second-order valence-corrected chi connectivity index (χ2v) is 10.1. The van der Waals surface area contributed by atoms with Gasteiger partial charge >= 0.3 is 5.97 Å². The van der Waals surface area contributed by atoms with Crippen LogP contribution in [-0.2, 0) is 5.75 Å². The number of benzene rings is 1. The number of amides is 1. The molecule has 1 N–H and O–H groups in total. The maximum absolute atomic E-state index is 12.4. The van der Waals surface area contributed by atoms with Gasteiger partial charge in [-0.1, -0.05) is 46.4 Å². The fourth-order valence-electron chi connectivity index (χ4n) is 2.86. The molecule has 1 amide bonds. The second-order valence-electron chi connectivity index (χ2n) is 6.93. The van der Waals surface area contributed by atoms with E-state index in [1.54, 1.807) is 24.3 Å². The number of carbonyl (C=O) groups excluding carboxylic acids is 2. The highest BCUT2D eigenvalue weighted by molar-refractivity contribution is 8.00. The van der Waals surface area contributed by atoms with Crippen molar-refractivity contribution < 1.29 is 18.7 Å². The van der Waals surface area contributed by atoms with Crippen LogP contribution in [0.25, 0.3) is 0 Å². The molecule has 33 heavy (non-hydrogen) atoms. The minimum atomic E-state index is -0.623. The van der Waals surface area contributed by atoms with Gasteiger partial charge in [0.2, 0.25) is 16.3 Å². The molecule has 0 unspecified atom stereocenters. The largest absolute Gasteiger partial charge is 0.464 e. The molecule has 3 aromatic heterocycles. The highest BCUT2D eigenvalue weighted by Gasteiger charge is 2.15. The number of ether oxygens (including phenoxy) is 1. The predicted octanol–water partition coefficient (Wildman–Crippen LogP) is 4.93. The highest BCUT2D eigenvalue weighted by Crippen LogP contribution is 2.28. The van der Waals surface area contributed by atoms with Crippen molar-refractivity contribution in [3.63, 3.8) is 0 Å². The molecule has 0 aliphatic carbocycles. The summed E-state index contributed by atoms with van der Waals surface area (Å²) in [5, 5.41) is 12.9. The minimum Gasteiger partial charge on any atom is -0.464 e. The summed E-state index contributed by atoms with van der Waals surface area (Å²) in [5.74, 6) is -0.344. The van der Waals surface area contributed by atoms with Gasteiger partial charge in [0.1, 0.15) is 12.0 Å². The number of thioether (sulfide) groups is 1. The lowest BCUT2D eigenvalue weighted by molar-refractivity contribution is 0.0728. The number of anilines is 1.